The Balaban J connectivity index is 1.13. The Morgan fingerprint density at radius 3 is 2.10 bits per heavy atom. The van der Waals surface area contributed by atoms with Crippen LogP contribution in [-0.4, -0.2) is 24.5 Å². The van der Waals surface area contributed by atoms with Gasteiger partial charge in [-0.2, -0.15) is 9.97 Å². The molecule has 5 nitrogen and oxygen atoms in total. The summed E-state index contributed by atoms with van der Waals surface area (Å²) in [4.78, 5) is 19.8. The number of hydrogen-bond acceptors (Lipinski definition) is 5. The molecule has 234 valence electrons. The molecule has 0 atom stereocenters. The van der Waals surface area contributed by atoms with Gasteiger partial charge < -0.3 is 0 Å². The van der Waals surface area contributed by atoms with Crippen LogP contribution < -0.4 is 10.4 Å². The van der Waals surface area contributed by atoms with E-state index in [9.17, 15) is 0 Å². The van der Waals surface area contributed by atoms with Crippen molar-refractivity contribution in [1.29, 1.82) is 0 Å². The van der Waals surface area contributed by atoms with E-state index in [4.69, 9.17) is 15.0 Å². The van der Waals surface area contributed by atoms with Crippen LogP contribution in [0.15, 0.2) is 127 Å². The van der Waals surface area contributed by atoms with Crippen molar-refractivity contribution in [3.63, 3.8) is 0 Å². The Bertz CT molecular complexity index is 2980. The number of para-hydroxylation sites is 1. The molecule has 50 heavy (non-hydrogen) atoms. The van der Waals surface area contributed by atoms with Crippen molar-refractivity contribution in [2.75, 3.05) is 0 Å². The van der Waals surface area contributed by atoms with E-state index in [1.54, 1.807) is 11.3 Å². The highest BCUT2D eigenvalue weighted by Gasteiger charge is 2.37. The molecule has 0 saturated heterocycles. The summed E-state index contributed by atoms with van der Waals surface area (Å²) < 4.78 is 3.48. The number of aromatic nitrogens is 5. The first-order valence-electron chi connectivity index (χ1n) is 16.8. The fourth-order valence-electron chi connectivity index (χ4n) is 7.99. The van der Waals surface area contributed by atoms with Crippen molar-refractivity contribution in [1.82, 2.24) is 24.5 Å². The minimum absolute atomic E-state index is 0.116. The maximum atomic E-state index is 5.12. The molecule has 0 spiro atoms. The van der Waals surface area contributed by atoms with Gasteiger partial charge in [-0.25, -0.2) is 9.97 Å². The van der Waals surface area contributed by atoms with E-state index in [1.165, 1.54) is 38.1 Å². The van der Waals surface area contributed by atoms with Gasteiger partial charge in [0.1, 0.15) is 0 Å². The number of hydrogen-bond donors (Lipinski definition) is 0. The molecule has 0 N–H and O–H groups in total. The lowest BCUT2D eigenvalue weighted by atomic mass is 9.81. The molecule has 0 unspecified atom stereocenters. The number of thiazole rings is 1. The second kappa shape index (κ2) is 9.93. The highest BCUT2D eigenvalue weighted by Crippen LogP contribution is 2.52. The average Bonchev–Trinajstić information content (AvgIpc) is 3.59. The monoisotopic (exact) mass is 657 g/mol. The summed E-state index contributed by atoms with van der Waals surface area (Å²) in [5.41, 5.74) is 18.4. The molecule has 3 aromatic heterocycles. The normalized spacial score (nSPS) is 13.6. The number of benzene rings is 6. The molecule has 0 fully saturated rings. The molecule has 9 aromatic rings. The summed E-state index contributed by atoms with van der Waals surface area (Å²) in [5, 5.41) is 4.59. The summed E-state index contributed by atoms with van der Waals surface area (Å²) in [7, 11) is 0. The van der Waals surface area contributed by atoms with Crippen molar-refractivity contribution < 1.29 is 0 Å². The van der Waals surface area contributed by atoms with Gasteiger partial charge in [0.25, 0.3) is 0 Å². The Labute approximate surface area is 291 Å². The first-order valence-corrected chi connectivity index (χ1v) is 17.7. The van der Waals surface area contributed by atoms with Gasteiger partial charge in [-0.15, -0.1) is 11.3 Å². The number of fused-ring (bicyclic) bond motifs is 10. The second-order valence-corrected chi connectivity index (χ2v) is 14.5. The molecular weight excluding hydrogens is 631 g/mol. The Morgan fingerprint density at radius 1 is 0.620 bits per heavy atom. The maximum absolute atomic E-state index is 5.12. The number of rotatable bonds is 4. The van der Waals surface area contributed by atoms with Gasteiger partial charge in [-0.05, 0) is 52.1 Å². The zero-order valence-electron chi connectivity index (χ0n) is 27.3. The van der Waals surface area contributed by atoms with Gasteiger partial charge in [-0.3, -0.25) is 4.57 Å². The molecule has 2 aliphatic rings. The predicted molar refractivity (Wildman–Crippen MR) is 203 cm³/mol. The predicted octanol–water partition coefficient (Wildman–Crippen LogP) is 8.95. The molecule has 0 bridgehead atoms. The van der Waals surface area contributed by atoms with E-state index >= 15 is 0 Å². The molecule has 0 radical (unpaired) electrons. The lowest BCUT2D eigenvalue weighted by Gasteiger charge is -2.22. The minimum Gasteiger partial charge on any atom is -0.276 e. The highest BCUT2D eigenvalue weighted by atomic mass is 32.1. The van der Waals surface area contributed by atoms with Crippen LogP contribution in [0.3, 0.4) is 0 Å². The lowest BCUT2D eigenvalue weighted by Crippen LogP contribution is -2.17. The van der Waals surface area contributed by atoms with Crippen LogP contribution in [0.1, 0.15) is 25.0 Å². The van der Waals surface area contributed by atoms with Gasteiger partial charge in [0.15, 0.2) is 11.6 Å². The Morgan fingerprint density at radius 2 is 1.34 bits per heavy atom. The molecule has 0 saturated carbocycles. The molecule has 2 aliphatic carbocycles. The first-order chi connectivity index (χ1) is 24.5. The van der Waals surface area contributed by atoms with Crippen molar-refractivity contribution >= 4 is 49.1 Å². The van der Waals surface area contributed by atoms with Gasteiger partial charge in [0.05, 0.1) is 32.0 Å². The largest absolute Gasteiger partial charge is 0.276 e. The van der Waals surface area contributed by atoms with Gasteiger partial charge in [-0.1, -0.05) is 117 Å². The van der Waals surface area contributed by atoms with E-state index in [0.717, 1.165) is 48.9 Å². The second-order valence-electron chi connectivity index (χ2n) is 13.6. The summed E-state index contributed by atoms with van der Waals surface area (Å²) in [6.45, 7) is 4.69. The molecule has 11 rings (SSSR count). The molecule has 0 aliphatic heterocycles. The molecule has 3 heterocycles. The van der Waals surface area contributed by atoms with Gasteiger partial charge in [0, 0.05) is 38.1 Å². The maximum Gasteiger partial charge on any atom is 0.238 e. The minimum atomic E-state index is -0.116. The van der Waals surface area contributed by atoms with E-state index < -0.39 is 0 Å². The van der Waals surface area contributed by atoms with Crippen LogP contribution in [0.4, 0.5) is 0 Å². The van der Waals surface area contributed by atoms with Crippen molar-refractivity contribution in [2.45, 2.75) is 19.3 Å². The van der Waals surface area contributed by atoms with Crippen molar-refractivity contribution in [3.05, 3.63) is 148 Å². The summed E-state index contributed by atoms with van der Waals surface area (Å²) in [6, 6.07) is 42.6. The van der Waals surface area contributed by atoms with Crippen LogP contribution in [0.25, 0.3) is 88.7 Å². The van der Waals surface area contributed by atoms with Crippen molar-refractivity contribution in [2.24, 2.45) is 0 Å². The standard InChI is InChI=1S/C44H27N5S/c1-44(2)34-19-20-36-40(50-24-45-36)38(34)29-18-17-27(21-35(29)44)30-22-32-28-15-9-10-16-37(28)49(39(32)33-23-31(30)33)43-47-41(25-11-5-3-6-12-25)46-42(48-43)26-13-7-4-8-14-26/h3-22,24H,1-2H3. The summed E-state index contributed by atoms with van der Waals surface area (Å²) in [6.07, 6.45) is 0. The fourth-order valence-corrected chi connectivity index (χ4v) is 8.84. The average molecular weight is 658 g/mol. The quantitative estimate of drug-likeness (QED) is 0.190. The zero-order valence-corrected chi connectivity index (χ0v) is 28.1. The topological polar surface area (TPSA) is 56.5 Å². The Hall–Kier alpha value is -6.20. The van der Waals surface area contributed by atoms with E-state index in [1.807, 2.05) is 66.2 Å². The van der Waals surface area contributed by atoms with E-state index in [2.05, 4.69) is 89.8 Å². The molecule has 6 aromatic carbocycles. The zero-order chi connectivity index (χ0) is 33.1. The molecule has 0 amide bonds. The summed E-state index contributed by atoms with van der Waals surface area (Å²) in [5.74, 6) is 1.88. The van der Waals surface area contributed by atoms with Gasteiger partial charge >= 0.3 is 0 Å². The van der Waals surface area contributed by atoms with Gasteiger partial charge in [0.2, 0.25) is 5.95 Å². The summed E-state index contributed by atoms with van der Waals surface area (Å²) >= 11 is 1.73. The first kappa shape index (κ1) is 27.7. The van der Waals surface area contributed by atoms with Crippen LogP contribution in [0, 0.1) is 0 Å². The number of nitrogens with zero attached hydrogens (tertiary/aromatic N) is 5. The van der Waals surface area contributed by atoms with Crippen LogP contribution in [-0.2, 0) is 5.41 Å². The third-order valence-electron chi connectivity index (χ3n) is 10.5. The lowest BCUT2D eigenvalue weighted by molar-refractivity contribution is 0.661. The third kappa shape index (κ3) is 3.83. The Kier molecular flexibility index (Phi) is 5.50. The SMILES string of the molecule is CC1(C)c2cc(-c3cc4c5ccccc5n(-c5nc(-c6ccccc6)nc(-c6ccccc6)n5)c4c4c3=C=4)ccc2-c2c1ccc1ncsc21. The molecule has 6 heteroatoms. The van der Waals surface area contributed by atoms with Crippen LogP contribution in [0.5, 0.6) is 0 Å². The van der Waals surface area contributed by atoms with E-state index in [-0.39, 0.29) is 5.41 Å². The van der Waals surface area contributed by atoms with Crippen LogP contribution >= 0.6 is 11.3 Å². The third-order valence-corrected chi connectivity index (χ3v) is 11.3. The molecular formula is C44H27N5S. The van der Waals surface area contributed by atoms with Crippen molar-refractivity contribution in [3.8, 4) is 51.0 Å². The smallest absolute Gasteiger partial charge is 0.238 e. The van der Waals surface area contributed by atoms with Crippen LogP contribution in [0.2, 0.25) is 0 Å². The fraction of sp³-hybridized carbons (Fsp3) is 0.0682. The highest BCUT2D eigenvalue weighted by molar-refractivity contribution is 7.17. The van der Waals surface area contributed by atoms with E-state index in [0.29, 0.717) is 17.6 Å².